The predicted molar refractivity (Wildman–Crippen MR) is 118 cm³/mol. The third kappa shape index (κ3) is 3.84. The summed E-state index contributed by atoms with van der Waals surface area (Å²) in [5.41, 5.74) is 8.96. The summed E-state index contributed by atoms with van der Waals surface area (Å²) in [7, 11) is 0. The number of fused-ring (bicyclic) bond motifs is 1. The fourth-order valence-corrected chi connectivity index (χ4v) is 5.04. The molecular formula is C22H27ClN6. The van der Waals surface area contributed by atoms with Gasteiger partial charge in [-0.2, -0.15) is 0 Å². The largest absolute Gasteiger partial charge is 0.360 e. The molecular weight excluding hydrogens is 384 g/mol. The summed E-state index contributed by atoms with van der Waals surface area (Å²) in [5.74, 6) is 0.651. The second kappa shape index (κ2) is 7.94. The maximum absolute atomic E-state index is 6.47. The number of nitrogens with two attached hydrogens (primary N) is 1. The van der Waals surface area contributed by atoms with E-state index < -0.39 is 0 Å². The van der Waals surface area contributed by atoms with Crippen LogP contribution in [0.25, 0.3) is 22.2 Å². The van der Waals surface area contributed by atoms with Crippen molar-refractivity contribution in [3.63, 3.8) is 0 Å². The smallest absolute Gasteiger partial charge is 0.223 e. The molecule has 2 fully saturated rings. The van der Waals surface area contributed by atoms with Crippen LogP contribution in [0.5, 0.6) is 0 Å². The maximum atomic E-state index is 6.47. The number of nitrogens with one attached hydrogen (secondary N) is 2. The van der Waals surface area contributed by atoms with Gasteiger partial charge in [-0.25, -0.2) is 9.97 Å². The van der Waals surface area contributed by atoms with Crippen molar-refractivity contribution in [3.05, 3.63) is 41.7 Å². The molecule has 1 saturated heterocycles. The molecule has 152 valence electrons. The van der Waals surface area contributed by atoms with Crippen LogP contribution in [0.2, 0.25) is 5.02 Å². The number of hydrogen-bond acceptors (Lipinski definition) is 5. The Morgan fingerprint density at radius 2 is 2.10 bits per heavy atom. The SMILES string of the molecule is NC1CCN([C@H]2CCC[C@@H](Nc3ncc(Cl)c(-c4c[nH]c5ccccc45)n3)C2)C1. The van der Waals surface area contributed by atoms with E-state index in [1.807, 2.05) is 18.3 Å². The Bertz CT molecular complexity index is 1000. The minimum absolute atomic E-state index is 0.335. The van der Waals surface area contributed by atoms with E-state index in [4.69, 9.17) is 22.3 Å². The quantitative estimate of drug-likeness (QED) is 0.604. The third-order valence-electron chi connectivity index (χ3n) is 6.34. The van der Waals surface area contributed by atoms with Crippen molar-refractivity contribution >= 4 is 28.5 Å². The van der Waals surface area contributed by atoms with Crippen LogP contribution in [0.15, 0.2) is 36.7 Å². The van der Waals surface area contributed by atoms with Crippen molar-refractivity contribution in [3.8, 4) is 11.3 Å². The minimum Gasteiger partial charge on any atom is -0.360 e. The van der Waals surface area contributed by atoms with Gasteiger partial charge < -0.3 is 16.0 Å². The first-order valence-electron chi connectivity index (χ1n) is 10.5. The third-order valence-corrected chi connectivity index (χ3v) is 6.62. The van der Waals surface area contributed by atoms with E-state index in [1.54, 1.807) is 6.20 Å². The Hall–Kier alpha value is -2.15. The Balaban J connectivity index is 1.35. The van der Waals surface area contributed by atoms with E-state index in [2.05, 4.69) is 32.3 Å². The van der Waals surface area contributed by atoms with Gasteiger partial charge in [0, 0.05) is 53.9 Å². The Morgan fingerprint density at radius 1 is 1.21 bits per heavy atom. The lowest BCUT2D eigenvalue weighted by Crippen LogP contribution is -2.42. The Kier molecular flexibility index (Phi) is 5.16. The van der Waals surface area contributed by atoms with Crippen LogP contribution in [-0.2, 0) is 0 Å². The van der Waals surface area contributed by atoms with E-state index in [-0.39, 0.29) is 0 Å². The van der Waals surface area contributed by atoms with Gasteiger partial charge >= 0.3 is 0 Å². The average molecular weight is 411 g/mol. The number of benzene rings is 1. The second-order valence-corrected chi connectivity index (χ2v) is 8.75. The number of nitrogens with zero attached hydrogens (tertiary/aromatic N) is 3. The van der Waals surface area contributed by atoms with E-state index in [0.29, 0.717) is 29.1 Å². The summed E-state index contributed by atoms with van der Waals surface area (Å²) in [6.45, 7) is 2.15. The zero-order valence-corrected chi connectivity index (χ0v) is 17.2. The molecule has 0 amide bonds. The van der Waals surface area contributed by atoms with Crippen LogP contribution >= 0.6 is 11.6 Å². The molecule has 4 N–H and O–H groups in total. The number of aromatic amines is 1. The summed E-state index contributed by atoms with van der Waals surface area (Å²) in [4.78, 5) is 15.1. The Morgan fingerprint density at radius 3 is 2.97 bits per heavy atom. The standard InChI is InChI=1S/C22H27ClN6/c23-19-12-26-22(28-21(19)18-11-25-20-7-2-1-6-17(18)20)27-15-4-3-5-16(10-15)29-9-8-14(24)13-29/h1-2,6-7,11-12,14-16,25H,3-5,8-10,13,24H2,(H,26,27,28)/t14?,15-,16+/m1/s1. The monoisotopic (exact) mass is 410 g/mol. The molecule has 29 heavy (non-hydrogen) atoms. The molecule has 1 saturated carbocycles. The zero-order chi connectivity index (χ0) is 19.8. The first kappa shape index (κ1) is 18.9. The highest BCUT2D eigenvalue weighted by atomic mass is 35.5. The van der Waals surface area contributed by atoms with Gasteiger partial charge in [-0.15, -0.1) is 0 Å². The van der Waals surface area contributed by atoms with Gasteiger partial charge in [-0.3, -0.25) is 4.90 Å². The van der Waals surface area contributed by atoms with Crippen molar-refractivity contribution in [2.75, 3.05) is 18.4 Å². The van der Waals surface area contributed by atoms with Gasteiger partial charge in [0.15, 0.2) is 0 Å². The first-order chi connectivity index (χ1) is 14.2. The van der Waals surface area contributed by atoms with Crippen molar-refractivity contribution < 1.29 is 0 Å². The number of para-hydroxylation sites is 1. The van der Waals surface area contributed by atoms with Crippen LogP contribution in [0.1, 0.15) is 32.1 Å². The number of H-pyrrole nitrogens is 1. The Labute approximate surface area is 175 Å². The van der Waals surface area contributed by atoms with Gasteiger partial charge in [0.2, 0.25) is 5.95 Å². The van der Waals surface area contributed by atoms with Gasteiger partial charge in [0.25, 0.3) is 0 Å². The van der Waals surface area contributed by atoms with E-state index in [0.717, 1.165) is 54.5 Å². The molecule has 0 bridgehead atoms. The molecule has 5 rings (SSSR count). The molecule has 3 aromatic rings. The summed E-state index contributed by atoms with van der Waals surface area (Å²) >= 11 is 6.47. The number of hydrogen-bond donors (Lipinski definition) is 3. The van der Waals surface area contributed by atoms with Crippen molar-refractivity contribution in [1.82, 2.24) is 19.9 Å². The normalized spacial score (nSPS) is 25.5. The number of halogens is 1. The van der Waals surface area contributed by atoms with Crippen LogP contribution in [-0.4, -0.2) is 51.1 Å². The average Bonchev–Trinajstić information content (AvgIpc) is 3.36. The highest BCUT2D eigenvalue weighted by molar-refractivity contribution is 6.33. The van der Waals surface area contributed by atoms with Crippen molar-refractivity contribution in [1.29, 1.82) is 0 Å². The molecule has 1 aromatic carbocycles. The zero-order valence-electron chi connectivity index (χ0n) is 16.4. The van der Waals surface area contributed by atoms with Crippen LogP contribution in [0.4, 0.5) is 5.95 Å². The van der Waals surface area contributed by atoms with Crippen molar-refractivity contribution in [2.24, 2.45) is 5.73 Å². The molecule has 1 unspecified atom stereocenters. The summed E-state index contributed by atoms with van der Waals surface area (Å²) in [5, 5.41) is 5.25. The fourth-order valence-electron chi connectivity index (χ4n) is 4.85. The molecule has 2 aliphatic rings. The molecule has 0 radical (unpaired) electrons. The molecule has 1 aliphatic heterocycles. The second-order valence-electron chi connectivity index (χ2n) is 8.34. The topological polar surface area (TPSA) is 82.9 Å². The number of anilines is 1. The summed E-state index contributed by atoms with van der Waals surface area (Å²) in [6.07, 6.45) is 9.52. The van der Waals surface area contributed by atoms with E-state index >= 15 is 0 Å². The van der Waals surface area contributed by atoms with Gasteiger partial charge in [0.05, 0.1) is 16.9 Å². The molecule has 0 spiro atoms. The van der Waals surface area contributed by atoms with E-state index in [1.165, 1.54) is 12.8 Å². The molecule has 2 aromatic heterocycles. The van der Waals surface area contributed by atoms with Gasteiger partial charge in [0.1, 0.15) is 0 Å². The fraction of sp³-hybridized carbons (Fsp3) is 0.455. The molecule has 6 nitrogen and oxygen atoms in total. The van der Waals surface area contributed by atoms with E-state index in [9.17, 15) is 0 Å². The number of aromatic nitrogens is 3. The summed E-state index contributed by atoms with van der Waals surface area (Å²) in [6, 6.07) is 9.50. The van der Waals surface area contributed by atoms with Gasteiger partial charge in [-0.1, -0.05) is 29.8 Å². The minimum atomic E-state index is 0.335. The summed E-state index contributed by atoms with van der Waals surface area (Å²) < 4.78 is 0. The van der Waals surface area contributed by atoms with Crippen LogP contribution in [0.3, 0.4) is 0 Å². The lowest BCUT2D eigenvalue weighted by molar-refractivity contribution is 0.182. The lowest BCUT2D eigenvalue weighted by atomic mass is 9.90. The molecule has 7 heteroatoms. The number of likely N-dealkylation sites (tertiary alicyclic amines) is 1. The molecule has 3 atom stereocenters. The maximum Gasteiger partial charge on any atom is 0.223 e. The highest BCUT2D eigenvalue weighted by Crippen LogP contribution is 2.33. The highest BCUT2D eigenvalue weighted by Gasteiger charge is 2.31. The van der Waals surface area contributed by atoms with Crippen molar-refractivity contribution in [2.45, 2.75) is 50.2 Å². The molecule has 1 aliphatic carbocycles. The lowest BCUT2D eigenvalue weighted by Gasteiger charge is -2.35. The number of rotatable bonds is 4. The van der Waals surface area contributed by atoms with Gasteiger partial charge in [-0.05, 0) is 38.2 Å². The van der Waals surface area contributed by atoms with Crippen LogP contribution in [0, 0.1) is 0 Å². The first-order valence-corrected chi connectivity index (χ1v) is 10.9. The molecule has 3 heterocycles. The predicted octanol–water partition coefficient (Wildman–Crippen LogP) is 4.03. The van der Waals surface area contributed by atoms with Crippen LogP contribution < -0.4 is 11.1 Å².